The largest absolute Gasteiger partial charge is 0.345 e. The van der Waals surface area contributed by atoms with Crippen LogP contribution in [-0.4, -0.2) is 40.3 Å². The second kappa shape index (κ2) is 6.95. The van der Waals surface area contributed by atoms with E-state index in [0.29, 0.717) is 0 Å². The summed E-state index contributed by atoms with van der Waals surface area (Å²) in [7, 11) is 4.61. The second-order valence-electron chi connectivity index (χ2n) is 5.52. The fraction of sp³-hybridized carbons (Fsp3) is 0.188. The maximum atomic E-state index is 12.2. The first-order valence-corrected chi connectivity index (χ1v) is 7.19. The quantitative estimate of drug-likeness (QED) is 0.662. The number of nitrogens with one attached hydrogen (secondary N) is 1. The third-order valence-electron chi connectivity index (χ3n) is 3.42. The fourth-order valence-electron chi connectivity index (χ4n) is 2.11. The van der Waals surface area contributed by atoms with Gasteiger partial charge < -0.3 is 14.8 Å². The maximum absolute atomic E-state index is 12.2. The lowest BCUT2D eigenvalue weighted by atomic mass is 10.2. The summed E-state index contributed by atoms with van der Waals surface area (Å²) in [6, 6.07) is 6.26. The Kier molecular flexibility index (Phi) is 4.97. The van der Waals surface area contributed by atoms with Gasteiger partial charge >= 0.3 is 0 Å². The molecule has 1 heterocycles. The van der Waals surface area contributed by atoms with Gasteiger partial charge in [-0.2, -0.15) is 0 Å². The zero-order chi connectivity index (χ0) is 18.7. The van der Waals surface area contributed by atoms with Gasteiger partial charge in [0.05, 0.1) is 10.5 Å². The molecule has 9 heteroatoms. The van der Waals surface area contributed by atoms with Crippen LogP contribution in [0.1, 0.15) is 20.7 Å². The van der Waals surface area contributed by atoms with E-state index in [4.69, 9.17) is 0 Å². The molecule has 2 amide bonds. The van der Waals surface area contributed by atoms with Gasteiger partial charge in [-0.25, -0.2) is 0 Å². The summed E-state index contributed by atoms with van der Waals surface area (Å²) in [6.07, 6.45) is 1.38. The van der Waals surface area contributed by atoms with Crippen LogP contribution in [0.15, 0.2) is 41.3 Å². The van der Waals surface area contributed by atoms with Gasteiger partial charge in [0.25, 0.3) is 23.1 Å². The first-order chi connectivity index (χ1) is 11.7. The van der Waals surface area contributed by atoms with Gasteiger partial charge in [0.2, 0.25) is 0 Å². The van der Waals surface area contributed by atoms with E-state index in [-0.39, 0.29) is 28.4 Å². The van der Waals surface area contributed by atoms with E-state index < -0.39 is 16.4 Å². The molecule has 2 rings (SSSR count). The van der Waals surface area contributed by atoms with Crippen molar-refractivity contribution in [2.75, 3.05) is 19.4 Å². The van der Waals surface area contributed by atoms with Gasteiger partial charge in [-0.3, -0.25) is 24.5 Å². The molecule has 25 heavy (non-hydrogen) atoms. The molecule has 9 nitrogen and oxygen atoms in total. The van der Waals surface area contributed by atoms with Crippen molar-refractivity contribution >= 4 is 23.2 Å². The van der Waals surface area contributed by atoms with Crippen molar-refractivity contribution in [3.63, 3.8) is 0 Å². The molecule has 0 saturated carbocycles. The number of carbonyl (C=O) groups is 2. The third kappa shape index (κ3) is 3.89. The summed E-state index contributed by atoms with van der Waals surface area (Å²) in [6.45, 7) is 0. The van der Waals surface area contributed by atoms with Gasteiger partial charge in [-0.05, 0) is 18.2 Å². The van der Waals surface area contributed by atoms with E-state index >= 15 is 0 Å². The molecule has 0 radical (unpaired) electrons. The van der Waals surface area contributed by atoms with Crippen LogP contribution in [0.3, 0.4) is 0 Å². The molecule has 0 saturated heterocycles. The number of hydrogen-bond acceptors (Lipinski definition) is 5. The lowest BCUT2D eigenvalue weighted by Crippen LogP contribution is -2.28. The molecule has 0 spiro atoms. The Bertz CT molecular complexity index is 900. The summed E-state index contributed by atoms with van der Waals surface area (Å²) in [5.41, 5.74) is -0.293. The van der Waals surface area contributed by atoms with Crippen molar-refractivity contribution in [2.24, 2.45) is 7.05 Å². The molecular formula is C16H16N4O5. The van der Waals surface area contributed by atoms with Crippen LogP contribution >= 0.6 is 0 Å². The average molecular weight is 344 g/mol. The van der Waals surface area contributed by atoms with Crippen LogP contribution in [-0.2, 0) is 7.05 Å². The number of benzene rings is 1. The highest BCUT2D eigenvalue weighted by atomic mass is 16.6. The Morgan fingerprint density at radius 3 is 2.28 bits per heavy atom. The molecule has 0 fully saturated rings. The summed E-state index contributed by atoms with van der Waals surface area (Å²) in [5.74, 6) is -0.928. The van der Waals surface area contributed by atoms with Crippen molar-refractivity contribution in [1.29, 1.82) is 0 Å². The van der Waals surface area contributed by atoms with Crippen molar-refractivity contribution in [3.05, 3.63) is 68.1 Å². The molecule has 1 aromatic heterocycles. The molecular weight excluding hydrogens is 328 g/mol. The number of pyridine rings is 1. The Morgan fingerprint density at radius 2 is 1.76 bits per heavy atom. The topological polar surface area (TPSA) is 115 Å². The van der Waals surface area contributed by atoms with E-state index in [9.17, 15) is 24.5 Å². The third-order valence-corrected chi connectivity index (χ3v) is 3.42. The number of aryl methyl sites for hydroxylation is 1. The van der Waals surface area contributed by atoms with Crippen molar-refractivity contribution in [1.82, 2.24) is 9.47 Å². The zero-order valence-electron chi connectivity index (χ0n) is 13.8. The Hall–Kier alpha value is -3.49. The van der Waals surface area contributed by atoms with Crippen LogP contribution in [0.2, 0.25) is 0 Å². The van der Waals surface area contributed by atoms with E-state index in [1.807, 2.05) is 0 Å². The van der Waals surface area contributed by atoms with Crippen LogP contribution in [0.5, 0.6) is 0 Å². The molecule has 1 aromatic carbocycles. The molecule has 0 atom stereocenters. The molecule has 0 aliphatic rings. The summed E-state index contributed by atoms with van der Waals surface area (Å²) in [5, 5.41) is 13.1. The number of aromatic nitrogens is 1. The van der Waals surface area contributed by atoms with Gasteiger partial charge in [-0.15, -0.1) is 0 Å². The summed E-state index contributed by atoms with van der Waals surface area (Å²) in [4.78, 5) is 47.9. The van der Waals surface area contributed by atoms with E-state index in [2.05, 4.69) is 5.32 Å². The number of amides is 2. The summed E-state index contributed by atoms with van der Waals surface area (Å²) >= 11 is 0. The lowest BCUT2D eigenvalue weighted by Gasteiger charge is -2.13. The first-order valence-electron chi connectivity index (χ1n) is 7.19. The maximum Gasteiger partial charge on any atom is 0.274 e. The second-order valence-corrected chi connectivity index (χ2v) is 5.52. The Balaban J connectivity index is 2.32. The van der Waals surface area contributed by atoms with Crippen LogP contribution in [0, 0.1) is 10.1 Å². The van der Waals surface area contributed by atoms with Gasteiger partial charge in [-0.1, -0.05) is 0 Å². The highest BCUT2D eigenvalue weighted by Gasteiger charge is 2.15. The number of non-ortho nitro benzene ring substituents is 1. The number of hydrogen-bond donors (Lipinski definition) is 1. The number of carbonyl (C=O) groups excluding carboxylic acids is 2. The normalized spacial score (nSPS) is 10.2. The Labute approximate surface area is 142 Å². The number of nitro benzene ring substituents is 1. The Morgan fingerprint density at radius 1 is 1.16 bits per heavy atom. The van der Waals surface area contributed by atoms with Gasteiger partial charge in [0.15, 0.2) is 0 Å². The predicted octanol–water partition coefficient (Wildman–Crippen LogP) is 1.25. The van der Waals surface area contributed by atoms with E-state index in [0.717, 1.165) is 0 Å². The molecule has 2 aromatic rings. The van der Waals surface area contributed by atoms with Crippen LogP contribution < -0.4 is 10.9 Å². The van der Waals surface area contributed by atoms with Crippen LogP contribution in [0.25, 0.3) is 0 Å². The minimum absolute atomic E-state index is 0.0569. The van der Waals surface area contributed by atoms with Crippen molar-refractivity contribution in [3.8, 4) is 0 Å². The van der Waals surface area contributed by atoms with Gasteiger partial charge in [0, 0.05) is 45.0 Å². The minimum Gasteiger partial charge on any atom is -0.345 e. The molecule has 0 aliphatic carbocycles. The smallest absolute Gasteiger partial charge is 0.274 e. The molecule has 1 N–H and O–H groups in total. The fourth-order valence-corrected chi connectivity index (χ4v) is 2.11. The molecule has 0 bridgehead atoms. The first kappa shape index (κ1) is 17.9. The SMILES string of the molecule is CN(C)C(=O)c1cc(NC(=O)c2ccc([N+](=O)[O-])cc2)c(=O)n(C)c1. The van der Waals surface area contributed by atoms with Crippen molar-refractivity contribution in [2.45, 2.75) is 0 Å². The van der Waals surface area contributed by atoms with Crippen LogP contribution in [0.4, 0.5) is 11.4 Å². The number of nitro groups is 1. The monoisotopic (exact) mass is 344 g/mol. The van der Waals surface area contributed by atoms with Gasteiger partial charge in [0.1, 0.15) is 5.69 Å². The molecule has 0 aliphatic heterocycles. The lowest BCUT2D eigenvalue weighted by molar-refractivity contribution is -0.384. The standard InChI is InChI=1S/C16H16N4O5/c1-18(2)15(22)11-8-13(16(23)19(3)9-11)17-14(21)10-4-6-12(7-5-10)20(24)25/h4-9H,1-3H3,(H,17,21). The predicted molar refractivity (Wildman–Crippen MR) is 90.8 cm³/mol. The minimum atomic E-state index is -0.610. The van der Waals surface area contributed by atoms with E-state index in [1.165, 1.54) is 53.0 Å². The zero-order valence-corrected chi connectivity index (χ0v) is 13.8. The van der Waals surface area contributed by atoms with Crippen molar-refractivity contribution < 1.29 is 14.5 Å². The molecule has 130 valence electrons. The summed E-state index contributed by atoms with van der Waals surface area (Å²) < 4.78 is 1.20. The number of nitrogens with zero attached hydrogens (tertiary/aromatic N) is 3. The average Bonchev–Trinajstić information content (AvgIpc) is 2.57. The number of anilines is 1. The highest BCUT2D eigenvalue weighted by molar-refractivity contribution is 6.05. The van der Waals surface area contributed by atoms with E-state index in [1.54, 1.807) is 14.1 Å². The molecule has 0 unspecified atom stereocenters. The number of rotatable bonds is 4. The highest BCUT2D eigenvalue weighted by Crippen LogP contribution is 2.14.